The van der Waals surface area contributed by atoms with Gasteiger partial charge in [0.15, 0.2) is 0 Å². The lowest BCUT2D eigenvalue weighted by Crippen LogP contribution is -2.29. The van der Waals surface area contributed by atoms with Gasteiger partial charge in [-0.3, -0.25) is 14.6 Å². The van der Waals surface area contributed by atoms with Crippen LogP contribution < -0.4 is 10.6 Å². The van der Waals surface area contributed by atoms with Crippen LogP contribution in [0.1, 0.15) is 41.1 Å². The van der Waals surface area contributed by atoms with E-state index < -0.39 is 0 Å². The van der Waals surface area contributed by atoms with E-state index in [1.165, 1.54) is 12.3 Å². The summed E-state index contributed by atoms with van der Waals surface area (Å²) in [6, 6.07) is 3.09. The van der Waals surface area contributed by atoms with Crippen molar-refractivity contribution < 1.29 is 14.3 Å². The summed E-state index contributed by atoms with van der Waals surface area (Å²) in [5.41, 5.74) is 0.660. The number of nitrogens with one attached hydrogen (secondary N) is 2. The maximum absolute atomic E-state index is 12.0. The van der Waals surface area contributed by atoms with Crippen LogP contribution in [0.2, 0.25) is 0 Å². The number of rotatable bonds is 8. The topological polar surface area (TPSA) is 80.3 Å². The number of aromatic nitrogens is 1. The zero-order chi connectivity index (χ0) is 15.7. The summed E-state index contributed by atoms with van der Waals surface area (Å²) < 4.78 is 4.85. The van der Waals surface area contributed by atoms with Crippen LogP contribution in [0.3, 0.4) is 0 Å². The van der Waals surface area contributed by atoms with Crippen molar-refractivity contribution in [2.75, 3.05) is 26.8 Å². The fourth-order valence-electron chi connectivity index (χ4n) is 1.63. The summed E-state index contributed by atoms with van der Waals surface area (Å²) in [5, 5.41) is 5.50. The third-order valence-electron chi connectivity index (χ3n) is 2.85. The highest BCUT2D eigenvalue weighted by molar-refractivity contribution is 5.98. The first kappa shape index (κ1) is 17.1. The van der Waals surface area contributed by atoms with E-state index in [4.69, 9.17) is 4.74 Å². The van der Waals surface area contributed by atoms with E-state index in [2.05, 4.69) is 29.5 Å². The first-order valence-electron chi connectivity index (χ1n) is 7.06. The van der Waals surface area contributed by atoms with Crippen LogP contribution in [0.15, 0.2) is 18.3 Å². The predicted octanol–water partition coefficient (Wildman–Crippen LogP) is 1.23. The molecule has 0 saturated heterocycles. The van der Waals surface area contributed by atoms with E-state index in [1.54, 1.807) is 13.2 Å². The zero-order valence-corrected chi connectivity index (χ0v) is 12.8. The Morgan fingerprint density at radius 2 is 1.95 bits per heavy atom. The molecule has 0 fully saturated rings. The Hall–Kier alpha value is -1.95. The van der Waals surface area contributed by atoms with Gasteiger partial charge in [0.25, 0.3) is 11.8 Å². The second-order valence-corrected chi connectivity index (χ2v) is 5.12. The van der Waals surface area contributed by atoms with Gasteiger partial charge in [-0.1, -0.05) is 13.8 Å². The highest BCUT2D eigenvalue weighted by atomic mass is 16.5. The van der Waals surface area contributed by atoms with Gasteiger partial charge in [-0.25, -0.2) is 0 Å². The van der Waals surface area contributed by atoms with Crippen molar-refractivity contribution in [3.8, 4) is 0 Å². The number of methoxy groups -OCH3 is 1. The second-order valence-electron chi connectivity index (χ2n) is 5.12. The molecular weight excluding hydrogens is 270 g/mol. The molecule has 0 saturated carbocycles. The lowest BCUT2D eigenvalue weighted by molar-refractivity contribution is 0.0932. The highest BCUT2D eigenvalue weighted by Gasteiger charge is 2.11. The number of pyridine rings is 1. The average Bonchev–Trinajstić information content (AvgIpc) is 2.47. The van der Waals surface area contributed by atoms with Gasteiger partial charge in [0, 0.05) is 32.0 Å². The van der Waals surface area contributed by atoms with Gasteiger partial charge < -0.3 is 15.4 Å². The maximum Gasteiger partial charge on any atom is 0.269 e. The third-order valence-corrected chi connectivity index (χ3v) is 2.85. The molecule has 0 aliphatic carbocycles. The van der Waals surface area contributed by atoms with Crippen molar-refractivity contribution in [1.29, 1.82) is 0 Å². The number of nitrogens with zero attached hydrogens (tertiary/aromatic N) is 1. The van der Waals surface area contributed by atoms with E-state index in [9.17, 15) is 9.59 Å². The molecule has 0 atom stereocenters. The van der Waals surface area contributed by atoms with Crippen molar-refractivity contribution in [1.82, 2.24) is 15.6 Å². The zero-order valence-electron chi connectivity index (χ0n) is 12.8. The molecule has 6 heteroatoms. The van der Waals surface area contributed by atoms with Crippen LogP contribution in [0.4, 0.5) is 0 Å². The molecule has 0 radical (unpaired) electrons. The second kappa shape index (κ2) is 9.07. The molecule has 116 valence electrons. The number of hydrogen-bond donors (Lipinski definition) is 2. The number of hydrogen-bond acceptors (Lipinski definition) is 4. The molecule has 2 N–H and O–H groups in total. The molecule has 0 unspecified atom stereocenters. The van der Waals surface area contributed by atoms with Crippen LogP contribution >= 0.6 is 0 Å². The van der Waals surface area contributed by atoms with Crippen molar-refractivity contribution in [3.05, 3.63) is 29.6 Å². The molecule has 21 heavy (non-hydrogen) atoms. The Labute approximate surface area is 125 Å². The molecule has 0 aromatic carbocycles. The molecule has 0 aliphatic rings. The Morgan fingerprint density at radius 3 is 2.62 bits per heavy atom. The number of carbonyl (C=O) groups excluding carboxylic acids is 2. The number of carbonyl (C=O) groups is 2. The summed E-state index contributed by atoms with van der Waals surface area (Å²) in [6.07, 6.45) is 2.38. The van der Waals surface area contributed by atoms with Crippen LogP contribution in [0.5, 0.6) is 0 Å². The molecule has 1 aromatic heterocycles. The molecule has 1 heterocycles. The lowest BCUT2D eigenvalue weighted by Gasteiger charge is -2.08. The molecule has 2 amide bonds. The average molecular weight is 293 g/mol. The quantitative estimate of drug-likeness (QED) is 0.707. The van der Waals surface area contributed by atoms with Gasteiger partial charge in [0.05, 0.1) is 6.61 Å². The molecule has 0 spiro atoms. The van der Waals surface area contributed by atoms with Crippen LogP contribution in [0.25, 0.3) is 0 Å². The van der Waals surface area contributed by atoms with Crippen molar-refractivity contribution in [3.63, 3.8) is 0 Å². The van der Waals surface area contributed by atoms with Gasteiger partial charge in [-0.05, 0) is 24.5 Å². The smallest absolute Gasteiger partial charge is 0.269 e. The normalized spacial score (nSPS) is 10.5. The maximum atomic E-state index is 12.0. The minimum absolute atomic E-state index is 0.191. The van der Waals surface area contributed by atoms with Crippen LogP contribution in [-0.4, -0.2) is 43.6 Å². The first-order valence-corrected chi connectivity index (χ1v) is 7.06. The molecule has 0 bridgehead atoms. The summed E-state index contributed by atoms with van der Waals surface area (Å²) in [5.74, 6) is 0.0257. The largest absolute Gasteiger partial charge is 0.383 e. The summed E-state index contributed by atoms with van der Waals surface area (Å²) in [4.78, 5) is 27.8. The van der Waals surface area contributed by atoms with Gasteiger partial charge in [-0.2, -0.15) is 0 Å². The fourth-order valence-corrected chi connectivity index (χ4v) is 1.63. The van der Waals surface area contributed by atoms with Gasteiger partial charge >= 0.3 is 0 Å². The van der Waals surface area contributed by atoms with Crippen LogP contribution in [0, 0.1) is 5.92 Å². The number of ether oxygens (including phenoxy) is 1. The monoisotopic (exact) mass is 293 g/mol. The van der Waals surface area contributed by atoms with Crippen molar-refractivity contribution in [2.24, 2.45) is 5.92 Å². The Bertz CT molecular complexity index is 475. The van der Waals surface area contributed by atoms with Gasteiger partial charge in [0.1, 0.15) is 5.69 Å². The van der Waals surface area contributed by atoms with E-state index >= 15 is 0 Å². The first-order chi connectivity index (χ1) is 10.0. The summed E-state index contributed by atoms with van der Waals surface area (Å²) in [7, 11) is 1.56. The molecule has 6 nitrogen and oxygen atoms in total. The molecule has 1 rings (SSSR count). The fraction of sp³-hybridized carbons (Fsp3) is 0.533. The summed E-state index contributed by atoms with van der Waals surface area (Å²) in [6.45, 7) is 5.65. The predicted molar refractivity (Wildman–Crippen MR) is 80.2 cm³/mol. The SMILES string of the molecule is COCCNC(=O)c1cc(C(=O)NCCC(C)C)ccn1. The van der Waals surface area contributed by atoms with E-state index in [0.29, 0.717) is 31.2 Å². The van der Waals surface area contributed by atoms with Crippen molar-refractivity contribution in [2.45, 2.75) is 20.3 Å². The van der Waals surface area contributed by atoms with Crippen molar-refractivity contribution >= 4 is 11.8 Å². The summed E-state index contributed by atoms with van der Waals surface area (Å²) >= 11 is 0. The van der Waals surface area contributed by atoms with Gasteiger partial charge in [-0.15, -0.1) is 0 Å². The Balaban J connectivity index is 2.58. The standard InChI is InChI=1S/C15H23N3O3/c1-11(2)4-6-17-14(19)12-5-7-16-13(10-12)15(20)18-8-9-21-3/h5,7,10-11H,4,6,8-9H2,1-3H3,(H,17,19)(H,18,20). The molecule has 0 aliphatic heterocycles. The van der Waals surface area contributed by atoms with E-state index in [1.807, 2.05) is 0 Å². The minimum atomic E-state index is -0.316. The Kier molecular flexibility index (Phi) is 7.39. The third kappa shape index (κ3) is 6.35. The molecule has 1 aromatic rings. The van der Waals surface area contributed by atoms with E-state index in [-0.39, 0.29) is 17.5 Å². The minimum Gasteiger partial charge on any atom is -0.383 e. The molecular formula is C15H23N3O3. The Morgan fingerprint density at radius 1 is 1.24 bits per heavy atom. The lowest BCUT2D eigenvalue weighted by atomic mass is 10.1. The highest BCUT2D eigenvalue weighted by Crippen LogP contribution is 2.03. The number of amides is 2. The van der Waals surface area contributed by atoms with E-state index in [0.717, 1.165) is 6.42 Å². The van der Waals surface area contributed by atoms with Gasteiger partial charge in [0.2, 0.25) is 0 Å². The van der Waals surface area contributed by atoms with Crippen LogP contribution in [-0.2, 0) is 4.74 Å².